The maximum atomic E-state index is 12.0. The molecule has 1 N–H and O–H groups in total. The third kappa shape index (κ3) is 4.06. The summed E-state index contributed by atoms with van der Waals surface area (Å²) in [5, 5.41) is 2.99. The SMILES string of the molecule is Cc1nc(CNC(=O)CC[C@@H](C)N2CCCC2)n(C)c1C. The molecule has 1 aromatic rings. The van der Waals surface area contributed by atoms with E-state index in [1.807, 2.05) is 25.5 Å². The number of nitrogens with zero attached hydrogens (tertiary/aromatic N) is 3. The number of carbonyl (C=O) groups is 1. The summed E-state index contributed by atoms with van der Waals surface area (Å²) in [5.74, 6) is 1.05. The molecule has 0 aromatic carbocycles. The van der Waals surface area contributed by atoms with Gasteiger partial charge in [-0.25, -0.2) is 4.98 Å². The summed E-state index contributed by atoms with van der Waals surface area (Å²) < 4.78 is 2.04. The maximum absolute atomic E-state index is 12.0. The Bertz CT molecular complexity index is 489. The highest BCUT2D eigenvalue weighted by atomic mass is 16.1. The van der Waals surface area contributed by atoms with Crippen LogP contribution in [-0.2, 0) is 18.4 Å². The zero-order chi connectivity index (χ0) is 15.4. The molecule has 0 radical (unpaired) electrons. The maximum Gasteiger partial charge on any atom is 0.220 e. The first kappa shape index (κ1) is 16.0. The molecule has 0 spiro atoms. The average molecular weight is 292 g/mol. The molecule has 1 atom stereocenters. The highest BCUT2D eigenvalue weighted by Crippen LogP contribution is 2.15. The van der Waals surface area contributed by atoms with Crippen LogP contribution in [0, 0.1) is 13.8 Å². The number of rotatable bonds is 6. The van der Waals surface area contributed by atoms with E-state index >= 15 is 0 Å². The van der Waals surface area contributed by atoms with E-state index in [1.165, 1.54) is 25.9 Å². The predicted octanol–water partition coefficient (Wildman–Crippen LogP) is 1.92. The predicted molar refractivity (Wildman–Crippen MR) is 84.0 cm³/mol. The molecule has 0 bridgehead atoms. The lowest BCUT2D eigenvalue weighted by Crippen LogP contribution is -2.32. The number of amides is 1. The van der Waals surface area contributed by atoms with Crippen molar-refractivity contribution in [2.24, 2.45) is 7.05 Å². The molecular weight excluding hydrogens is 264 g/mol. The standard InChI is InChI=1S/C16H28N4O/c1-12(20-9-5-6-10-20)7-8-16(21)17-11-15-18-13(2)14(3)19(15)4/h12H,5-11H2,1-4H3,(H,17,21)/t12-/m1/s1. The third-order valence-corrected chi connectivity index (χ3v) is 4.71. The van der Waals surface area contributed by atoms with Gasteiger partial charge in [0.1, 0.15) is 5.82 Å². The van der Waals surface area contributed by atoms with E-state index < -0.39 is 0 Å². The molecule has 0 saturated carbocycles. The summed E-state index contributed by atoms with van der Waals surface area (Å²) >= 11 is 0. The molecule has 1 aromatic heterocycles. The lowest BCUT2D eigenvalue weighted by Gasteiger charge is -2.23. The second kappa shape index (κ2) is 7.07. The first-order valence-electron chi connectivity index (χ1n) is 7.98. The number of hydrogen-bond acceptors (Lipinski definition) is 3. The van der Waals surface area contributed by atoms with Crippen molar-refractivity contribution in [3.63, 3.8) is 0 Å². The normalized spacial score (nSPS) is 17.1. The van der Waals surface area contributed by atoms with E-state index in [9.17, 15) is 4.79 Å². The van der Waals surface area contributed by atoms with Crippen LogP contribution in [-0.4, -0.2) is 39.5 Å². The van der Waals surface area contributed by atoms with Gasteiger partial charge in [-0.15, -0.1) is 0 Å². The van der Waals surface area contributed by atoms with Crippen LogP contribution in [0.25, 0.3) is 0 Å². The number of carbonyl (C=O) groups excluding carboxylic acids is 1. The first-order chi connectivity index (χ1) is 9.99. The molecule has 5 nitrogen and oxygen atoms in total. The Hall–Kier alpha value is -1.36. The quantitative estimate of drug-likeness (QED) is 0.871. The van der Waals surface area contributed by atoms with Crippen LogP contribution in [0.2, 0.25) is 0 Å². The summed E-state index contributed by atoms with van der Waals surface area (Å²) in [6.45, 7) is 9.17. The molecule has 1 amide bonds. The Morgan fingerprint density at radius 2 is 2.00 bits per heavy atom. The van der Waals surface area contributed by atoms with Crippen LogP contribution in [0.5, 0.6) is 0 Å². The van der Waals surface area contributed by atoms with Crippen LogP contribution < -0.4 is 5.32 Å². The van der Waals surface area contributed by atoms with Crippen LogP contribution in [0.15, 0.2) is 0 Å². The molecule has 1 aliphatic heterocycles. The van der Waals surface area contributed by atoms with Crippen molar-refractivity contribution in [1.29, 1.82) is 0 Å². The molecule has 0 aliphatic carbocycles. The smallest absolute Gasteiger partial charge is 0.220 e. The number of likely N-dealkylation sites (tertiary alicyclic amines) is 1. The van der Waals surface area contributed by atoms with Gasteiger partial charge in [0.25, 0.3) is 0 Å². The van der Waals surface area contributed by atoms with Crippen molar-refractivity contribution in [2.75, 3.05) is 13.1 Å². The Morgan fingerprint density at radius 3 is 2.57 bits per heavy atom. The molecule has 5 heteroatoms. The van der Waals surface area contributed by atoms with Crippen molar-refractivity contribution >= 4 is 5.91 Å². The van der Waals surface area contributed by atoms with Gasteiger partial charge in [-0.2, -0.15) is 0 Å². The van der Waals surface area contributed by atoms with Gasteiger partial charge in [0.2, 0.25) is 5.91 Å². The minimum atomic E-state index is 0.124. The summed E-state index contributed by atoms with van der Waals surface area (Å²) in [7, 11) is 1.99. The Balaban J connectivity index is 1.73. The monoisotopic (exact) mass is 292 g/mol. The van der Waals surface area contributed by atoms with E-state index in [2.05, 4.69) is 22.1 Å². The molecule has 118 valence electrons. The van der Waals surface area contributed by atoms with Gasteiger partial charge in [-0.05, 0) is 53.1 Å². The second-order valence-electron chi connectivity index (χ2n) is 6.17. The van der Waals surface area contributed by atoms with Gasteiger partial charge in [-0.3, -0.25) is 4.79 Å². The van der Waals surface area contributed by atoms with Gasteiger partial charge in [0, 0.05) is 25.2 Å². The minimum Gasteiger partial charge on any atom is -0.349 e. The number of aryl methyl sites for hydroxylation is 1. The molecule has 21 heavy (non-hydrogen) atoms. The fraction of sp³-hybridized carbons (Fsp3) is 0.750. The van der Waals surface area contributed by atoms with E-state index in [-0.39, 0.29) is 5.91 Å². The lowest BCUT2D eigenvalue weighted by molar-refractivity contribution is -0.121. The highest BCUT2D eigenvalue weighted by molar-refractivity contribution is 5.75. The van der Waals surface area contributed by atoms with Crippen molar-refractivity contribution < 1.29 is 4.79 Å². The average Bonchev–Trinajstić information content (AvgIpc) is 3.08. The van der Waals surface area contributed by atoms with E-state index in [0.29, 0.717) is 19.0 Å². The van der Waals surface area contributed by atoms with E-state index in [0.717, 1.165) is 23.6 Å². The molecule has 1 saturated heterocycles. The summed E-state index contributed by atoms with van der Waals surface area (Å²) in [6.07, 6.45) is 4.13. The Kier molecular flexibility index (Phi) is 5.39. The Morgan fingerprint density at radius 1 is 1.33 bits per heavy atom. The first-order valence-corrected chi connectivity index (χ1v) is 7.98. The summed E-state index contributed by atoms with van der Waals surface area (Å²) in [6, 6.07) is 0.510. The fourth-order valence-electron chi connectivity index (χ4n) is 2.91. The van der Waals surface area contributed by atoms with Crippen molar-refractivity contribution in [3.05, 3.63) is 17.2 Å². The van der Waals surface area contributed by atoms with Crippen molar-refractivity contribution in [2.45, 2.75) is 59.0 Å². The van der Waals surface area contributed by atoms with Crippen LogP contribution >= 0.6 is 0 Å². The van der Waals surface area contributed by atoms with E-state index in [4.69, 9.17) is 0 Å². The summed E-state index contributed by atoms with van der Waals surface area (Å²) in [5.41, 5.74) is 2.19. The Labute approximate surface area is 127 Å². The van der Waals surface area contributed by atoms with Crippen LogP contribution in [0.4, 0.5) is 0 Å². The molecule has 2 rings (SSSR count). The van der Waals surface area contributed by atoms with Gasteiger partial charge < -0.3 is 14.8 Å². The molecular formula is C16H28N4O. The van der Waals surface area contributed by atoms with Crippen LogP contribution in [0.3, 0.4) is 0 Å². The zero-order valence-electron chi connectivity index (χ0n) is 13.8. The molecule has 0 unspecified atom stereocenters. The van der Waals surface area contributed by atoms with Crippen molar-refractivity contribution in [1.82, 2.24) is 19.8 Å². The highest BCUT2D eigenvalue weighted by Gasteiger charge is 2.18. The van der Waals surface area contributed by atoms with Gasteiger partial charge in [-0.1, -0.05) is 0 Å². The largest absolute Gasteiger partial charge is 0.349 e. The lowest BCUT2D eigenvalue weighted by atomic mass is 10.1. The summed E-state index contributed by atoms with van der Waals surface area (Å²) in [4.78, 5) is 18.9. The molecule has 1 aliphatic rings. The van der Waals surface area contributed by atoms with Gasteiger partial charge in [0.15, 0.2) is 0 Å². The number of aromatic nitrogens is 2. The second-order valence-corrected chi connectivity index (χ2v) is 6.17. The van der Waals surface area contributed by atoms with Crippen LogP contribution in [0.1, 0.15) is 49.8 Å². The third-order valence-electron chi connectivity index (χ3n) is 4.71. The molecule has 2 heterocycles. The number of nitrogens with one attached hydrogen (secondary N) is 1. The fourth-order valence-corrected chi connectivity index (χ4v) is 2.91. The zero-order valence-corrected chi connectivity index (χ0v) is 13.8. The van der Waals surface area contributed by atoms with Crippen molar-refractivity contribution in [3.8, 4) is 0 Å². The minimum absolute atomic E-state index is 0.124. The number of hydrogen-bond donors (Lipinski definition) is 1. The van der Waals surface area contributed by atoms with E-state index in [1.54, 1.807) is 0 Å². The topological polar surface area (TPSA) is 50.2 Å². The molecule has 1 fully saturated rings. The number of imidazole rings is 1. The van der Waals surface area contributed by atoms with Gasteiger partial charge >= 0.3 is 0 Å². The van der Waals surface area contributed by atoms with Gasteiger partial charge in [0.05, 0.1) is 12.2 Å².